The van der Waals surface area contributed by atoms with Crippen LogP contribution in [0.4, 0.5) is 5.82 Å². The molecule has 1 aromatic heterocycles. The average molecular weight is 224 g/mol. The molecule has 4 nitrogen and oxygen atoms in total. The smallest absolute Gasteiger partial charge is 0.149 e. The van der Waals surface area contributed by atoms with E-state index in [0.29, 0.717) is 4.99 Å². The van der Waals surface area contributed by atoms with Crippen molar-refractivity contribution in [2.75, 3.05) is 18.5 Å². The van der Waals surface area contributed by atoms with Gasteiger partial charge in [0.25, 0.3) is 0 Å². The van der Waals surface area contributed by atoms with Gasteiger partial charge in [0.05, 0.1) is 10.7 Å². The molecule has 5 heteroatoms. The average Bonchev–Trinajstić information content (AvgIpc) is 2.18. The van der Waals surface area contributed by atoms with Gasteiger partial charge in [0.2, 0.25) is 0 Å². The van der Waals surface area contributed by atoms with E-state index in [9.17, 15) is 0 Å². The van der Waals surface area contributed by atoms with Gasteiger partial charge in [0.15, 0.2) is 0 Å². The van der Waals surface area contributed by atoms with Crippen LogP contribution in [0, 0.1) is 12.8 Å². The summed E-state index contributed by atoms with van der Waals surface area (Å²) in [4.78, 5) is 11.0. The SMILES string of the molecule is Cc1nccnc1N(C)CC(C)C(N)=S. The Morgan fingerprint density at radius 2 is 2.13 bits per heavy atom. The van der Waals surface area contributed by atoms with E-state index >= 15 is 0 Å². The molecule has 82 valence electrons. The molecule has 0 saturated carbocycles. The van der Waals surface area contributed by atoms with E-state index in [4.69, 9.17) is 18.0 Å². The first-order valence-corrected chi connectivity index (χ1v) is 5.21. The molecular formula is C10H16N4S. The number of aryl methyl sites for hydroxylation is 1. The van der Waals surface area contributed by atoms with Crippen molar-refractivity contribution in [3.05, 3.63) is 18.1 Å². The molecule has 2 N–H and O–H groups in total. The Morgan fingerprint density at radius 1 is 1.53 bits per heavy atom. The van der Waals surface area contributed by atoms with E-state index in [-0.39, 0.29) is 5.92 Å². The van der Waals surface area contributed by atoms with Gasteiger partial charge in [-0.1, -0.05) is 19.1 Å². The van der Waals surface area contributed by atoms with Crippen LogP contribution in [0.3, 0.4) is 0 Å². The molecule has 0 radical (unpaired) electrons. The summed E-state index contributed by atoms with van der Waals surface area (Å²) in [5, 5.41) is 0. The van der Waals surface area contributed by atoms with Crippen molar-refractivity contribution in [1.82, 2.24) is 9.97 Å². The van der Waals surface area contributed by atoms with Crippen LogP contribution in [0.1, 0.15) is 12.6 Å². The molecule has 0 aliphatic rings. The number of aromatic nitrogens is 2. The molecule has 0 aliphatic carbocycles. The van der Waals surface area contributed by atoms with Crippen molar-refractivity contribution in [3.8, 4) is 0 Å². The lowest BCUT2D eigenvalue weighted by atomic mass is 10.1. The topological polar surface area (TPSA) is 55.0 Å². The zero-order valence-corrected chi connectivity index (χ0v) is 10.1. The van der Waals surface area contributed by atoms with Gasteiger partial charge >= 0.3 is 0 Å². The maximum Gasteiger partial charge on any atom is 0.149 e. The van der Waals surface area contributed by atoms with Crippen LogP contribution in [0.25, 0.3) is 0 Å². The highest BCUT2D eigenvalue weighted by Gasteiger charge is 2.12. The van der Waals surface area contributed by atoms with Gasteiger partial charge in [-0.2, -0.15) is 0 Å². The van der Waals surface area contributed by atoms with Crippen LogP contribution >= 0.6 is 12.2 Å². The molecule has 0 spiro atoms. The summed E-state index contributed by atoms with van der Waals surface area (Å²) in [6.45, 7) is 4.70. The Hall–Kier alpha value is -1.23. The third kappa shape index (κ3) is 3.13. The third-order valence-electron chi connectivity index (χ3n) is 2.25. The van der Waals surface area contributed by atoms with Gasteiger partial charge in [0.1, 0.15) is 5.82 Å². The lowest BCUT2D eigenvalue weighted by Gasteiger charge is -2.22. The van der Waals surface area contributed by atoms with E-state index in [1.165, 1.54) is 0 Å². The normalized spacial score (nSPS) is 12.2. The molecular weight excluding hydrogens is 208 g/mol. The molecule has 0 saturated heterocycles. The Morgan fingerprint density at radius 3 is 2.67 bits per heavy atom. The zero-order valence-electron chi connectivity index (χ0n) is 9.27. The number of hydrogen-bond acceptors (Lipinski definition) is 4. The van der Waals surface area contributed by atoms with Crippen LogP contribution < -0.4 is 10.6 Å². The number of thiocarbonyl (C=S) groups is 1. The maximum absolute atomic E-state index is 5.57. The predicted octanol–water partition coefficient (Wildman–Crippen LogP) is 1.14. The van der Waals surface area contributed by atoms with Gasteiger partial charge in [-0.3, -0.25) is 4.98 Å². The molecule has 0 aromatic carbocycles. The Bertz CT molecular complexity index is 353. The van der Waals surface area contributed by atoms with Crippen LogP contribution in [-0.4, -0.2) is 28.5 Å². The summed E-state index contributed by atoms with van der Waals surface area (Å²) in [6.07, 6.45) is 3.37. The Labute approximate surface area is 95.5 Å². The number of rotatable bonds is 4. The highest BCUT2D eigenvalue weighted by Crippen LogP contribution is 2.13. The first kappa shape index (κ1) is 11.8. The minimum atomic E-state index is 0.173. The van der Waals surface area contributed by atoms with Crippen LogP contribution in [-0.2, 0) is 0 Å². The summed E-state index contributed by atoms with van der Waals surface area (Å²) in [5.74, 6) is 1.05. The van der Waals surface area contributed by atoms with Crippen molar-refractivity contribution in [2.45, 2.75) is 13.8 Å². The summed E-state index contributed by atoms with van der Waals surface area (Å²) in [6, 6.07) is 0. The highest BCUT2D eigenvalue weighted by molar-refractivity contribution is 7.80. The molecule has 1 atom stereocenters. The Balaban J connectivity index is 2.73. The van der Waals surface area contributed by atoms with E-state index < -0.39 is 0 Å². The predicted molar refractivity (Wildman–Crippen MR) is 66.0 cm³/mol. The second-order valence-electron chi connectivity index (χ2n) is 3.65. The first-order valence-electron chi connectivity index (χ1n) is 4.80. The molecule has 0 aliphatic heterocycles. The minimum Gasteiger partial charge on any atom is -0.393 e. The fourth-order valence-corrected chi connectivity index (χ4v) is 1.44. The summed E-state index contributed by atoms with van der Waals surface area (Å²) in [7, 11) is 1.96. The zero-order chi connectivity index (χ0) is 11.4. The van der Waals surface area contributed by atoms with E-state index in [2.05, 4.69) is 9.97 Å². The summed E-state index contributed by atoms with van der Waals surface area (Å²) < 4.78 is 0. The first-order chi connectivity index (χ1) is 7.02. The molecule has 1 rings (SSSR count). The molecule has 1 heterocycles. The van der Waals surface area contributed by atoms with Crippen molar-refractivity contribution in [3.63, 3.8) is 0 Å². The Kier molecular flexibility index (Phi) is 3.96. The molecule has 0 fully saturated rings. The second-order valence-corrected chi connectivity index (χ2v) is 4.12. The van der Waals surface area contributed by atoms with Crippen LogP contribution in [0.15, 0.2) is 12.4 Å². The van der Waals surface area contributed by atoms with Gasteiger partial charge < -0.3 is 10.6 Å². The van der Waals surface area contributed by atoms with E-state index in [1.54, 1.807) is 12.4 Å². The van der Waals surface area contributed by atoms with Crippen molar-refractivity contribution < 1.29 is 0 Å². The quantitative estimate of drug-likeness (QED) is 0.777. The van der Waals surface area contributed by atoms with Gasteiger partial charge in [-0.05, 0) is 6.92 Å². The fourth-order valence-electron chi connectivity index (χ4n) is 1.36. The minimum absolute atomic E-state index is 0.173. The van der Waals surface area contributed by atoms with E-state index in [0.717, 1.165) is 18.1 Å². The monoisotopic (exact) mass is 224 g/mol. The fraction of sp³-hybridized carbons (Fsp3) is 0.500. The number of hydrogen-bond donors (Lipinski definition) is 1. The molecule has 0 bridgehead atoms. The highest BCUT2D eigenvalue weighted by atomic mass is 32.1. The van der Waals surface area contributed by atoms with Crippen molar-refractivity contribution >= 4 is 23.0 Å². The van der Waals surface area contributed by atoms with Crippen molar-refractivity contribution in [2.24, 2.45) is 11.7 Å². The van der Waals surface area contributed by atoms with Crippen LogP contribution in [0.2, 0.25) is 0 Å². The largest absolute Gasteiger partial charge is 0.393 e. The number of nitrogens with zero attached hydrogens (tertiary/aromatic N) is 3. The number of nitrogens with two attached hydrogens (primary N) is 1. The van der Waals surface area contributed by atoms with Gasteiger partial charge in [-0.15, -0.1) is 0 Å². The van der Waals surface area contributed by atoms with Gasteiger partial charge in [-0.25, -0.2) is 4.98 Å². The van der Waals surface area contributed by atoms with Crippen LogP contribution in [0.5, 0.6) is 0 Å². The lowest BCUT2D eigenvalue weighted by molar-refractivity contribution is 0.731. The number of anilines is 1. The summed E-state index contributed by atoms with van der Waals surface area (Å²) in [5.41, 5.74) is 6.48. The molecule has 0 amide bonds. The molecule has 1 unspecified atom stereocenters. The lowest BCUT2D eigenvalue weighted by Crippen LogP contribution is -2.32. The maximum atomic E-state index is 5.57. The molecule has 1 aromatic rings. The standard InChI is InChI=1S/C10H16N4S/c1-7(9(11)15)6-14(3)10-8(2)12-4-5-13-10/h4-5,7H,6H2,1-3H3,(H2,11,15). The third-order valence-corrected chi connectivity index (χ3v) is 2.65. The summed E-state index contributed by atoms with van der Waals surface area (Å²) >= 11 is 4.93. The van der Waals surface area contributed by atoms with Crippen molar-refractivity contribution in [1.29, 1.82) is 0 Å². The van der Waals surface area contributed by atoms with E-state index in [1.807, 2.05) is 25.8 Å². The van der Waals surface area contributed by atoms with Gasteiger partial charge in [0, 0.05) is 31.9 Å². The molecule has 15 heavy (non-hydrogen) atoms. The second kappa shape index (κ2) is 5.02.